The molecule has 0 unspecified atom stereocenters. The van der Waals surface area contributed by atoms with Gasteiger partial charge in [-0.25, -0.2) is 4.99 Å². The van der Waals surface area contributed by atoms with E-state index >= 15 is 0 Å². The predicted octanol–water partition coefficient (Wildman–Crippen LogP) is 3.86. The maximum atomic E-state index is 12.2. The third-order valence-corrected chi connectivity index (χ3v) is 3.06. The molecule has 0 aliphatic rings. The van der Waals surface area contributed by atoms with Gasteiger partial charge >= 0.3 is 6.18 Å². The van der Waals surface area contributed by atoms with Crippen molar-refractivity contribution in [3.8, 4) is 5.75 Å². The average Bonchev–Trinajstić information content (AvgIpc) is 2.53. The molecule has 0 aliphatic heterocycles. The number of anilines is 1. The molecule has 128 valence electrons. The fraction of sp³-hybridized carbons (Fsp3) is 0.235. The van der Waals surface area contributed by atoms with Crippen molar-refractivity contribution in [1.29, 1.82) is 0 Å². The van der Waals surface area contributed by atoms with E-state index < -0.39 is 12.8 Å². The molecular weight excluding hydrogens is 319 g/mol. The van der Waals surface area contributed by atoms with Crippen molar-refractivity contribution in [3.05, 3.63) is 59.7 Å². The number of halogens is 3. The van der Waals surface area contributed by atoms with Crippen LogP contribution in [-0.2, 0) is 6.54 Å². The van der Waals surface area contributed by atoms with Gasteiger partial charge in [0.05, 0.1) is 6.54 Å². The second-order valence-corrected chi connectivity index (χ2v) is 5.24. The highest BCUT2D eigenvalue weighted by Gasteiger charge is 2.28. The van der Waals surface area contributed by atoms with E-state index in [-0.39, 0.29) is 18.3 Å². The molecule has 0 heterocycles. The third-order valence-electron chi connectivity index (χ3n) is 3.06. The summed E-state index contributed by atoms with van der Waals surface area (Å²) in [5.74, 6) is 0.366. The molecule has 0 atom stereocenters. The lowest BCUT2D eigenvalue weighted by atomic mass is 10.2. The average molecular weight is 337 g/mol. The Balaban J connectivity index is 1.93. The number of hydrogen-bond acceptors (Lipinski definition) is 2. The minimum atomic E-state index is -4.36. The minimum absolute atomic E-state index is 0.144. The molecule has 7 heteroatoms. The minimum Gasteiger partial charge on any atom is -0.484 e. The summed E-state index contributed by atoms with van der Waals surface area (Å²) < 4.78 is 41.2. The fourth-order valence-electron chi connectivity index (χ4n) is 1.90. The van der Waals surface area contributed by atoms with E-state index in [4.69, 9.17) is 10.5 Å². The fourth-order valence-corrected chi connectivity index (χ4v) is 1.90. The number of benzene rings is 2. The molecule has 0 aromatic heterocycles. The first-order chi connectivity index (χ1) is 11.3. The number of nitrogens with zero attached hydrogens (tertiary/aromatic N) is 1. The molecule has 2 aromatic rings. The Kier molecular flexibility index (Phi) is 5.68. The van der Waals surface area contributed by atoms with Gasteiger partial charge in [-0.1, -0.05) is 29.8 Å². The number of hydrogen-bond donors (Lipinski definition) is 2. The largest absolute Gasteiger partial charge is 0.484 e. The molecule has 2 rings (SSSR count). The zero-order valence-electron chi connectivity index (χ0n) is 13.1. The maximum Gasteiger partial charge on any atom is 0.422 e. The number of ether oxygens (including phenoxy) is 1. The van der Waals surface area contributed by atoms with E-state index in [2.05, 4.69) is 10.3 Å². The van der Waals surface area contributed by atoms with Gasteiger partial charge in [-0.2, -0.15) is 13.2 Å². The van der Waals surface area contributed by atoms with Gasteiger partial charge in [-0.3, -0.25) is 0 Å². The molecule has 0 bridgehead atoms. The standard InChI is InChI=1S/C17H18F3N3O/c1-12-5-7-14(8-6-12)23-16(21)22-10-13-3-2-4-15(9-13)24-11-17(18,19)20/h2-9H,10-11H2,1H3,(H3,21,22,23). The van der Waals surface area contributed by atoms with Crippen LogP contribution in [0.3, 0.4) is 0 Å². The van der Waals surface area contributed by atoms with Crippen LogP contribution < -0.4 is 15.8 Å². The zero-order chi connectivity index (χ0) is 17.6. The molecule has 0 amide bonds. The van der Waals surface area contributed by atoms with E-state index in [0.717, 1.165) is 11.3 Å². The first kappa shape index (κ1) is 17.7. The van der Waals surface area contributed by atoms with E-state index in [1.54, 1.807) is 12.1 Å². The highest BCUT2D eigenvalue weighted by Crippen LogP contribution is 2.19. The number of aliphatic imine (C=N–C) groups is 1. The normalized spacial score (nSPS) is 12.1. The van der Waals surface area contributed by atoms with Crippen LogP contribution in [0.25, 0.3) is 0 Å². The van der Waals surface area contributed by atoms with Crippen LogP contribution in [0, 0.1) is 6.92 Å². The topological polar surface area (TPSA) is 59.6 Å². The Morgan fingerprint density at radius 3 is 2.54 bits per heavy atom. The van der Waals surface area contributed by atoms with Gasteiger partial charge in [-0.05, 0) is 36.8 Å². The number of aryl methyl sites for hydroxylation is 1. The lowest BCUT2D eigenvalue weighted by molar-refractivity contribution is -0.153. The Bertz CT molecular complexity index is 697. The Morgan fingerprint density at radius 1 is 1.17 bits per heavy atom. The number of nitrogens with one attached hydrogen (secondary N) is 1. The van der Waals surface area contributed by atoms with Crippen molar-refractivity contribution in [2.24, 2.45) is 10.7 Å². The smallest absolute Gasteiger partial charge is 0.422 e. The van der Waals surface area contributed by atoms with Gasteiger partial charge < -0.3 is 15.8 Å². The van der Waals surface area contributed by atoms with Crippen molar-refractivity contribution in [2.45, 2.75) is 19.6 Å². The summed E-state index contributed by atoms with van der Waals surface area (Å²) in [4.78, 5) is 4.17. The quantitative estimate of drug-likeness (QED) is 0.643. The summed E-state index contributed by atoms with van der Waals surface area (Å²) in [7, 11) is 0. The van der Waals surface area contributed by atoms with Crippen LogP contribution in [0.2, 0.25) is 0 Å². The molecule has 24 heavy (non-hydrogen) atoms. The van der Waals surface area contributed by atoms with Crippen molar-refractivity contribution in [3.63, 3.8) is 0 Å². The second kappa shape index (κ2) is 7.72. The van der Waals surface area contributed by atoms with Crippen LogP contribution in [0.5, 0.6) is 5.75 Å². The Labute approximate surface area is 138 Å². The number of alkyl halides is 3. The van der Waals surface area contributed by atoms with Gasteiger partial charge in [0.2, 0.25) is 0 Å². The van der Waals surface area contributed by atoms with Crippen LogP contribution >= 0.6 is 0 Å². The van der Waals surface area contributed by atoms with E-state index in [1.807, 2.05) is 31.2 Å². The monoisotopic (exact) mass is 337 g/mol. The number of nitrogens with two attached hydrogens (primary N) is 1. The first-order valence-electron chi connectivity index (χ1n) is 7.24. The second-order valence-electron chi connectivity index (χ2n) is 5.24. The van der Waals surface area contributed by atoms with Gasteiger partial charge in [-0.15, -0.1) is 0 Å². The SMILES string of the molecule is Cc1ccc(NC(N)=NCc2cccc(OCC(F)(F)F)c2)cc1. The Morgan fingerprint density at radius 2 is 1.88 bits per heavy atom. The summed E-state index contributed by atoms with van der Waals surface area (Å²) in [6.07, 6.45) is -4.36. The van der Waals surface area contributed by atoms with E-state index in [0.29, 0.717) is 5.56 Å². The summed E-state index contributed by atoms with van der Waals surface area (Å²) >= 11 is 0. The van der Waals surface area contributed by atoms with Gasteiger partial charge in [0.15, 0.2) is 12.6 Å². The third kappa shape index (κ3) is 6.20. The highest BCUT2D eigenvalue weighted by atomic mass is 19.4. The summed E-state index contributed by atoms with van der Waals surface area (Å²) in [6.45, 7) is 0.889. The predicted molar refractivity (Wildman–Crippen MR) is 88.1 cm³/mol. The molecule has 0 fully saturated rings. The molecule has 0 spiro atoms. The summed E-state index contributed by atoms with van der Waals surface area (Å²) in [5.41, 5.74) is 8.44. The van der Waals surface area contributed by atoms with Crippen LogP contribution in [0.4, 0.5) is 18.9 Å². The van der Waals surface area contributed by atoms with Gasteiger partial charge in [0.1, 0.15) is 5.75 Å². The van der Waals surface area contributed by atoms with Crippen LogP contribution in [-0.4, -0.2) is 18.7 Å². The summed E-state index contributed by atoms with van der Waals surface area (Å²) in [5, 5.41) is 2.95. The Hall–Kier alpha value is -2.70. The first-order valence-corrected chi connectivity index (χ1v) is 7.24. The lowest BCUT2D eigenvalue weighted by Gasteiger charge is -2.10. The van der Waals surface area contributed by atoms with Crippen molar-refractivity contribution in [2.75, 3.05) is 11.9 Å². The molecule has 0 aliphatic carbocycles. The van der Waals surface area contributed by atoms with E-state index in [9.17, 15) is 13.2 Å². The molecule has 3 N–H and O–H groups in total. The molecule has 2 aromatic carbocycles. The van der Waals surface area contributed by atoms with Gasteiger partial charge in [0.25, 0.3) is 0 Å². The molecule has 0 saturated heterocycles. The molecule has 0 saturated carbocycles. The van der Waals surface area contributed by atoms with Crippen molar-refractivity contribution in [1.82, 2.24) is 0 Å². The number of guanidine groups is 1. The van der Waals surface area contributed by atoms with Crippen molar-refractivity contribution < 1.29 is 17.9 Å². The van der Waals surface area contributed by atoms with Crippen molar-refractivity contribution >= 4 is 11.6 Å². The summed E-state index contributed by atoms with van der Waals surface area (Å²) in [6, 6.07) is 14.0. The molecular formula is C17H18F3N3O. The highest BCUT2D eigenvalue weighted by molar-refractivity contribution is 5.92. The lowest BCUT2D eigenvalue weighted by Crippen LogP contribution is -2.22. The maximum absolute atomic E-state index is 12.2. The molecule has 4 nitrogen and oxygen atoms in total. The molecule has 0 radical (unpaired) electrons. The van der Waals surface area contributed by atoms with E-state index in [1.165, 1.54) is 12.1 Å². The van der Waals surface area contributed by atoms with Crippen LogP contribution in [0.1, 0.15) is 11.1 Å². The number of rotatable bonds is 5. The van der Waals surface area contributed by atoms with Gasteiger partial charge in [0, 0.05) is 5.69 Å². The zero-order valence-corrected chi connectivity index (χ0v) is 13.1. The van der Waals surface area contributed by atoms with Crippen LogP contribution in [0.15, 0.2) is 53.5 Å².